The van der Waals surface area contributed by atoms with Gasteiger partial charge >= 0.3 is 0 Å². The first kappa shape index (κ1) is 15.0. The second kappa shape index (κ2) is 6.50. The maximum absolute atomic E-state index is 12.2. The van der Waals surface area contributed by atoms with Gasteiger partial charge in [0.15, 0.2) is 5.82 Å². The Morgan fingerprint density at radius 2 is 2.25 bits per heavy atom. The molecule has 7 nitrogen and oxygen atoms in total. The first-order valence-corrected chi connectivity index (χ1v) is 8.58. The average Bonchev–Trinajstić information content (AvgIpc) is 3.29. The number of aromatic nitrogens is 4. The molecule has 0 aromatic carbocycles. The molecule has 0 spiro atoms. The van der Waals surface area contributed by atoms with Gasteiger partial charge in [-0.05, 0) is 17.5 Å². The number of nitrogens with zero attached hydrogens (tertiary/aromatic N) is 4. The Labute approximate surface area is 142 Å². The third-order valence-corrected chi connectivity index (χ3v) is 4.67. The number of thiophene rings is 1. The summed E-state index contributed by atoms with van der Waals surface area (Å²) in [5.74, 6) is 0.438. The molecule has 0 fully saturated rings. The van der Waals surface area contributed by atoms with E-state index in [2.05, 4.69) is 25.7 Å². The number of hydrogen-bond acceptors (Lipinski definition) is 6. The van der Waals surface area contributed by atoms with Gasteiger partial charge in [-0.3, -0.25) is 9.48 Å². The fraction of sp³-hybridized carbons (Fsp3) is 0.250. The zero-order valence-corrected chi connectivity index (χ0v) is 13.7. The minimum Gasteiger partial charge on any atom is -0.346 e. The van der Waals surface area contributed by atoms with Crippen molar-refractivity contribution in [3.8, 4) is 10.7 Å². The number of amides is 1. The van der Waals surface area contributed by atoms with Crippen LogP contribution in [0.15, 0.2) is 36.0 Å². The summed E-state index contributed by atoms with van der Waals surface area (Å²) in [6.07, 6.45) is 3.11. The van der Waals surface area contributed by atoms with Gasteiger partial charge in [0.2, 0.25) is 0 Å². The van der Waals surface area contributed by atoms with Crippen molar-refractivity contribution in [1.82, 2.24) is 30.4 Å². The first-order chi connectivity index (χ1) is 11.8. The molecule has 4 heterocycles. The van der Waals surface area contributed by atoms with Crippen LogP contribution in [0.4, 0.5) is 0 Å². The smallest absolute Gasteiger partial charge is 0.254 e. The second-order valence-corrected chi connectivity index (χ2v) is 6.43. The summed E-state index contributed by atoms with van der Waals surface area (Å²) >= 11 is 1.57. The lowest BCUT2D eigenvalue weighted by Gasteiger charge is -2.13. The lowest BCUT2D eigenvalue weighted by molar-refractivity contribution is 0.0949. The Morgan fingerprint density at radius 3 is 3.00 bits per heavy atom. The maximum Gasteiger partial charge on any atom is 0.254 e. The number of fused-ring (bicyclic) bond motifs is 1. The van der Waals surface area contributed by atoms with Crippen LogP contribution in [0.3, 0.4) is 0 Å². The topological polar surface area (TPSA) is 84.7 Å². The Morgan fingerprint density at radius 1 is 1.38 bits per heavy atom. The highest BCUT2D eigenvalue weighted by molar-refractivity contribution is 7.13. The van der Waals surface area contributed by atoms with Gasteiger partial charge in [0.05, 0.1) is 34.9 Å². The molecule has 3 aromatic heterocycles. The molecule has 0 radical (unpaired) electrons. The highest BCUT2D eigenvalue weighted by atomic mass is 32.1. The normalized spacial score (nSPS) is 13.5. The van der Waals surface area contributed by atoms with Gasteiger partial charge in [0.25, 0.3) is 5.91 Å². The Balaban J connectivity index is 1.40. The van der Waals surface area contributed by atoms with Crippen LogP contribution in [0.2, 0.25) is 0 Å². The van der Waals surface area contributed by atoms with Crippen LogP contribution in [0, 0.1) is 0 Å². The molecule has 4 rings (SSSR count). The van der Waals surface area contributed by atoms with Gasteiger partial charge in [-0.15, -0.1) is 11.3 Å². The standard InChI is InChI=1S/C16H16N6OS/c23-16(11-7-18-15(19-8-11)14-2-1-5-24-14)20-9-12-6-13-10-17-3-4-22(13)21-12/h1-2,5-8,17H,3-4,9-10H2,(H,20,23). The van der Waals surface area contributed by atoms with E-state index < -0.39 is 0 Å². The van der Waals surface area contributed by atoms with Crippen LogP contribution in [0.25, 0.3) is 10.7 Å². The summed E-state index contributed by atoms with van der Waals surface area (Å²) in [6, 6.07) is 5.92. The number of carbonyl (C=O) groups excluding carboxylic acids is 1. The zero-order chi connectivity index (χ0) is 16.4. The van der Waals surface area contributed by atoms with Crippen molar-refractivity contribution in [3.05, 3.63) is 52.9 Å². The van der Waals surface area contributed by atoms with E-state index in [0.717, 1.165) is 35.9 Å². The molecule has 2 N–H and O–H groups in total. The molecule has 0 unspecified atom stereocenters. The largest absolute Gasteiger partial charge is 0.346 e. The van der Waals surface area contributed by atoms with Gasteiger partial charge < -0.3 is 10.6 Å². The van der Waals surface area contributed by atoms with E-state index in [0.29, 0.717) is 17.9 Å². The van der Waals surface area contributed by atoms with E-state index in [1.54, 1.807) is 23.7 Å². The van der Waals surface area contributed by atoms with Crippen molar-refractivity contribution >= 4 is 17.2 Å². The average molecular weight is 340 g/mol. The molecule has 24 heavy (non-hydrogen) atoms. The van der Waals surface area contributed by atoms with E-state index in [1.165, 1.54) is 0 Å². The van der Waals surface area contributed by atoms with E-state index in [-0.39, 0.29) is 5.91 Å². The van der Waals surface area contributed by atoms with Gasteiger partial charge in [0, 0.05) is 25.5 Å². The van der Waals surface area contributed by atoms with Gasteiger partial charge in [0.1, 0.15) is 0 Å². The van der Waals surface area contributed by atoms with Crippen LogP contribution in [0.5, 0.6) is 0 Å². The van der Waals surface area contributed by atoms with E-state index in [9.17, 15) is 4.79 Å². The Bertz CT molecular complexity index is 817. The summed E-state index contributed by atoms with van der Waals surface area (Å²) in [5, 5.41) is 12.6. The third kappa shape index (κ3) is 3.06. The molecular weight excluding hydrogens is 324 g/mol. The van der Waals surface area contributed by atoms with Gasteiger partial charge in [-0.1, -0.05) is 6.07 Å². The lowest BCUT2D eigenvalue weighted by atomic mass is 10.3. The minimum absolute atomic E-state index is 0.197. The number of hydrogen-bond donors (Lipinski definition) is 2. The molecule has 1 aliphatic heterocycles. The number of carbonyl (C=O) groups is 1. The fourth-order valence-corrected chi connectivity index (χ4v) is 3.26. The van der Waals surface area contributed by atoms with Gasteiger partial charge in [-0.2, -0.15) is 5.10 Å². The number of nitrogens with one attached hydrogen (secondary N) is 2. The molecule has 0 bridgehead atoms. The highest BCUT2D eigenvalue weighted by Gasteiger charge is 2.13. The molecule has 0 saturated heterocycles. The molecule has 8 heteroatoms. The summed E-state index contributed by atoms with van der Waals surface area (Å²) in [7, 11) is 0. The fourth-order valence-electron chi connectivity index (χ4n) is 2.59. The quantitative estimate of drug-likeness (QED) is 0.751. The van der Waals surface area contributed by atoms with Crippen molar-refractivity contribution < 1.29 is 4.79 Å². The highest BCUT2D eigenvalue weighted by Crippen LogP contribution is 2.20. The van der Waals surface area contributed by atoms with Crippen molar-refractivity contribution in [2.24, 2.45) is 0 Å². The summed E-state index contributed by atoms with van der Waals surface area (Å²) < 4.78 is 1.98. The Kier molecular flexibility index (Phi) is 4.06. The first-order valence-electron chi connectivity index (χ1n) is 7.70. The van der Waals surface area contributed by atoms with Crippen LogP contribution >= 0.6 is 11.3 Å². The summed E-state index contributed by atoms with van der Waals surface area (Å²) in [5.41, 5.74) is 2.45. The van der Waals surface area contributed by atoms with Crippen LogP contribution in [-0.4, -0.2) is 32.2 Å². The predicted octanol–water partition coefficient (Wildman–Crippen LogP) is 1.43. The molecule has 122 valence electrons. The molecular formula is C16H16N6OS. The maximum atomic E-state index is 12.2. The minimum atomic E-state index is -0.197. The lowest BCUT2D eigenvalue weighted by Crippen LogP contribution is -2.28. The second-order valence-electron chi connectivity index (χ2n) is 5.48. The molecule has 0 atom stereocenters. The van der Waals surface area contributed by atoms with Crippen molar-refractivity contribution in [1.29, 1.82) is 0 Å². The molecule has 1 amide bonds. The van der Waals surface area contributed by atoms with Crippen molar-refractivity contribution in [2.75, 3.05) is 6.54 Å². The molecule has 1 aliphatic rings. The van der Waals surface area contributed by atoms with Crippen molar-refractivity contribution in [2.45, 2.75) is 19.6 Å². The SMILES string of the molecule is O=C(NCc1cc2n(n1)CCNC2)c1cnc(-c2cccs2)nc1. The summed E-state index contributed by atoms with van der Waals surface area (Å²) in [4.78, 5) is 21.7. The zero-order valence-electron chi connectivity index (χ0n) is 12.9. The van der Waals surface area contributed by atoms with E-state index in [1.807, 2.05) is 28.3 Å². The Hall–Kier alpha value is -2.58. The molecule has 3 aromatic rings. The van der Waals surface area contributed by atoms with Crippen LogP contribution in [-0.2, 0) is 19.6 Å². The molecule has 0 aliphatic carbocycles. The molecule has 0 saturated carbocycles. The van der Waals surface area contributed by atoms with Crippen LogP contribution < -0.4 is 10.6 Å². The predicted molar refractivity (Wildman–Crippen MR) is 90.4 cm³/mol. The third-order valence-electron chi connectivity index (χ3n) is 3.81. The van der Waals surface area contributed by atoms with Gasteiger partial charge in [-0.25, -0.2) is 9.97 Å². The van der Waals surface area contributed by atoms with E-state index in [4.69, 9.17) is 0 Å². The van der Waals surface area contributed by atoms with Crippen molar-refractivity contribution in [3.63, 3.8) is 0 Å². The monoisotopic (exact) mass is 340 g/mol. The van der Waals surface area contributed by atoms with Crippen LogP contribution in [0.1, 0.15) is 21.7 Å². The summed E-state index contributed by atoms with van der Waals surface area (Å²) in [6.45, 7) is 3.00. The number of rotatable bonds is 4. The van der Waals surface area contributed by atoms with E-state index >= 15 is 0 Å².